The summed E-state index contributed by atoms with van der Waals surface area (Å²) in [6, 6.07) is 10.7. The van der Waals surface area contributed by atoms with Crippen molar-refractivity contribution in [1.82, 2.24) is 10.2 Å². The highest BCUT2D eigenvalue weighted by Crippen LogP contribution is 2.28. The average molecular weight is 475 g/mol. The van der Waals surface area contributed by atoms with E-state index in [1.165, 1.54) is 4.90 Å². The van der Waals surface area contributed by atoms with E-state index in [-0.39, 0.29) is 30.7 Å². The number of rotatable bonds is 9. The number of halogens is 1. The monoisotopic (exact) mass is 474 g/mol. The molecular weight excluding hydrogens is 452 g/mol. The van der Waals surface area contributed by atoms with Gasteiger partial charge in [-0.2, -0.15) is 0 Å². The van der Waals surface area contributed by atoms with Gasteiger partial charge in [0.1, 0.15) is 0 Å². The molecule has 3 amide bonds. The maximum absolute atomic E-state index is 12.4. The molecule has 0 aliphatic carbocycles. The van der Waals surface area contributed by atoms with Crippen LogP contribution in [0.1, 0.15) is 39.1 Å². The molecule has 0 saturated heterocycles. The van der Waals surface area contributed by atoms with E-state index in [1.54, 1.807) is 32.4 Å². The number of benzene rings is 2. The molecule has 1 aliphatic heterocycles. The quantitative estimate of drug-likeness (QED) is 0.564. The Kier molecular flexibility index (Phi) is 7.10. The smallest absolute Gasteiger partial charge is 0.261 e. The summed E-state index contributed by atoms with van der Waals surface area (Å²) in [4.78, 5) is 38.1. The molecule has 2 aromatic carbocycles. The van der Waals surface area contributed by atoms with Crippen molar-refractivity contribution in [2.45, 2.75) is 19.3 Å². The number of ether oxygens (including phenoxy) is 2. The highest BCUT2D eigenvalue weighted by molar-refractivity contribution is 9.10. The van der Waals surface area contributed by atoms with Gasteiger partial charge in [0.05, 0.1) is 25.3 Å². The standard InChI is InChI=1S/C22H23BrN2O5/c1-29-18-8-5-14(12-19(18)30-2)9-10-24-20(26)4-3-11-25-21(27)16-7-6-15(23)13-17(16)22(25)28/h5-8,12-13H,3-4,9-11H2,1-2H3,(H,24,26). The van der Waals surface area contributed by atoms with Gasteiger partial charge in [-0.3, -0.25) is 19.3 Å². The molecule has 1 heterocycles. The topological polar surface area (TPSA) is 84.9 Å². The van der Waals surface area contributed by atoms with E-state index in [0.29, 0.717) is 42.0 Å². The first kappa shape index (κ1) is 21.8. The molecule has 2 aromatic rings. The Morgan fingerprint density at radius 3 is 2.47 bits per heavy atom. The summed E-state index contributed by atoms with van der Waals surface area (Å²) in [5, 5.41) is 2.86. The molecule has 0 unspecified atom stereocenters. The Hall–Kier alpha value is -2.87. The lowest BCUT2D eigenvalue weighted by Gasteiger charge is -2.13. The number of hydrogen-bond donors (Lipinski definition) is 1. The van der Waals surface area contributed by atoms with E-state index in [9.17, 15) is 14.4 Å². The Labute approximate surface area is 183 Å². The number of nitrogens with zero attached hydrogens (tertiary/aromatic N) is 1. The van der Waals surface area contributed by atoms with Gasteiger partial charge in [-0.1, -0.05) is 22.0 Å². The van der Waals surface area contributed by atoms with Crippen LogP contribution in [-0.2, 0) is 11.2 Å². The van der Waals surface area contributed by atoms with E-state index in [2.05, 4.69) is 21.2 Å². The van der Waals surface area contributed by atoms with Gasteiger partial charge in [0.25, 0.3) is 11.8 Å². The van der Waals surface area contributed by atoms with Gasteiger partial charge in [0.2, 0.25) is 5.91 Å². The highest BCUT2D eigenvalue weighted by atomic mass is 79.9. The summed E-state index contributed by atoms with van der Waals surface area (Å²) in [5.41, 5.74) is 1.82. The van der Waals surface area contributed by atoms with Crippen LogP contribution in [0.5, 0.6) is 11.5 Å². The summed E-state index contributed by atoms with van der Waals surface area (Å²) >= 11 is 3.31. The molecule has 1 aliphatic rings. The number of nitrogens with one attached hydrogen (secondary N) is 1. The largest absolute Gasteiger partial charge is 0.493 e. The molecular formula is C22H23BrN2O5. The number of amides is 3. The summed E-state index contributed by atoms with van der Waals surface area (Å²) in [7, 11) is 3.16. The van der Waals surface area contributed by atoms with Crippen molar-refractivity contribution in [3.8, 4) is 11.5 Å². The Morgan fingerprint density at radius 2 is 1.73 bits per heavy atom. The zero-order valence-corrected chi connectivity index (χ0v) is 18.5. The summed E-state index contributed by atoms with van der Waals surface area (Å²) in [6.07, 6.45) is 1.30. The molecule has 7 nitrogen and oxygen atoms in total. The van der Waals surface area contributed by atoms with Crippen molar-refractivity contribution in [3.63, 3.8) is 0 Å². The molecule has 8 heteroatoms. The minimum atomic E-state index is -0.315. The van der Waals surface area contributed by atoms with Gasteiger partial charge in [-0.05, 0) is 48.7 Å². The van der Waals surface area contributed by atoms with Crippen LogP contribution in [0.3, 0.4) is 0 Å². The number of methoxy groups -OCH3 is 2. The molecule has 3 rings (SSSR count). The highest BCUT2D eigenvalue weighted by Gasteiger charge is 2.35. The SMILES string of the molecule is COc1ccc(CCNC(=O)CCCN2C(=O)c3ccc(Br)cc3C2=O)cc1OC. The van der Waals surface area contributed by atoms with Crippen LogP contribution in [-0.4, -0.2) is 49.9 Å². The van der Waals surface area contributed by atoms with Crippen LogP contribution in [0.2, 0.25) is 0 Å². The summed E-state index contributed by atoms with van der Waals surface area (Å²) < 4.78 is 11.2. The van der Waals surface area contributed by atoms with Crippen molar-refractivity contribution in [2.75, 3.05) is 27.3 Å². The van der Waals surface area contributed by atoms with E-state index in [4.69, 9.17) is 9.47 Å². The molecule has 0 atom stereocenters. The third-order valence-electron chi connectivity index (χ3n) is 4.90. The predicted octanol–water partition coefficient (Wildman–Crippen LogP) is 3.20. The Balaban J connectivity index is 1.43. The number of hydrogen-bond acceptors (Lipinski definition) is 5. The number of carbonyl (C=O) groups is 3. The number of imide groups is 1. The molecule has 1 N–H and O–H groups in total. The fraction of sp³-hybridized carbons (Fsp3) is 0.318. The molecule has 0 bridgehead atoms. The summed E-state index contributed by atoms with van der Waals surface area (Å²) in [6.45, 7) is 0.697. The fourth-order valence-corrected chi connectivity index (χ4v) is 3.70. The van der Waals surface area contributed by atoms with Crippen molar-refractivity contribution < 1.29 is 23.9 Å². The van der Waals surface area contributed by atoms with Gasteiger partial charge in [0, 0.05) is 24.0 Å². The average Bonchev–Trinajstić information content (AvgIpc) is 2.97. The van der Waals surface area contributed by atoms with Crippen LogP contribution in [0.4, 0.5) is 0 Å². The van der Waals surface area contributed by atoms with Crippen molar-refractivity contribution >= 4 is 33.7 Å². The molecule has 30 heavy (non-hydrogen) atoms. The molecule has 0 spiro atoms. The first-order valence-electron chi connectivity index (χ1n) is 9.58. The Bertz CT molecular complexity index is 976. The van der Waals surface area contributed by atoms with E-state index in [0.717, 1.165) is 10.0 Å². The molecule has 0 aromatic heterocycles. The third-order valence-corrected chi connectivity index (χ3v) is 5.40. The van der Waals surface area contributed by atoms with Gasteiger partial charge < -0.3 is 14.8 Å². The second-order valence-corrected chi connectivity index (χ2v) is 7.76. The van der Waals surface area contributed by atoms with Gasteiger partial charge in [-0.15, -0.1) is 0 Å². The minimum absolute atomic E-state index is 0.116. The zero-order valence-electron chi connectivity index (χ0n) is 16.9. The second-order valence-electron chi connectivity index (χ2n) is 6.84. The van der Waals surface area contributed by atoms with Gasteiger partial charge >= 0.3 is 0 Å². The maximum Gasteiger partial charge on any atom is 0.261 e. The first-order valence-corrected chi connectivity index (χ1v) is 10.4. The van der Waals surface area contributed by atoms with Crippen molar-refractivity contribution in [1.29, 1.82) is 0 Å². The van der Waals surface area contributed by atoms with Crippen LogP contribution in [0, 0.1) is 0 Å². The molecule has 158 valence electrons. The van der Waals surface area contributed by atoms with Crippen LogP contribution in [0.15, 0.2) is 40.9 Å². The lowest BCUT2D eigenvalue weighted by Crippen LogP contribution is -2.32. The van der Waals surface area contributed by atoms with Crippen LogP contribution >= 0.6 is 15.9 Å². The molecule has 0 saturated carbocycles. The van der Waals surface area contributed by atoms with Crippen molar-refractivity contribution in [3.05, 3.63) is 57.6 Å². The lowest BCUT2D eigenvalue weighted by molar-refractivity contribution is -0.121. The van der Waals surface area contributed by atoms with E-state index >= 15 is 0 Å². The predicted molar refractivity (Wildman–Crippen MR) is 115 cm³/mol. The molecule has 0 radical (unpaired) electrons. The molecule has 0 fully saturated rings. The van der Waals surface area contributed by atoms with Crippen molar-refractivity contribution in [2.24, 2.45) is 0 Å². The minimum Gasteiger partial charge on any atom is -0.493 e. The maximum atomic E-state index is 12.4. The van der Waals surface area contributed by atoms with E-state index in [1.807, 2.05) is 18.2 Å². The Morgan fingerprint density at radius 1 is 1.00 bits per heavy atom. The van der Waals surface area contributed by atoms with Gasteiger partial charge in [-0.25, -0.2) is 0 Å². The van der Waals surface area contributed by atoms with Gasteiger partial charge in [0.15, 0.2) is 11.5 Å². The number of carbonyl (C=O) groups excluding carboxylic acids is 3. The fourth-order valence-electron chi connectivity index (χ4n) is 3.33. The number of fused-ring (bicyclic) bond motifs is 1. The normalized spacial score (nSPS) is 12.7. The lowest BCUT2D eigenvalue weighted by atomic mass is 10.1. The third kappa shape index (κ3) is 4.81. The second kappa shape index (κ2) is 9.75. The zero-order chi connectivity index (χ0) is 21.7. The van der Waals surface area contributed by atoms with E-state index < -0.39 is 0 Å². The van der Waals surface area contributed by atoms with Crippen LogP contribution in [0.25, 0.3) is 0 Å². The first-order chi connectivity index (χ1) is 14.4. The summed E-state index contributed by atoms with van der Waals surface area (Å²) in [5.74, 6) is 0.566. The van der Waals surface area contributed by atoms with Crippen LogP contribution < -0.4 is 14.8 Å².